The highest BCUT2D eigenvalue weighted by Gasteiger charge is 2.40. The molecule has 1 fully saturated rings. The van der Waals surface area contributed by atoms with Crippen LogP contribution in [-0.2, 0) is 13.0 Å². The summed E-state index contributed by atoms with van der Waals surface area (Å²) in [6, 6.07) is 5.29. The molecule has 0 saturated heterocycles. The third kappa shape index (κ3) is 1.85. The number of thiophene rings is 1. The van der Waals surface area contributed by atoms with Crippen LogP contribution in [-0.4, -0.2) is 6.04 Å². The lowest BCUT2D eigenvalue weighted by molar-refractivity contribution is 0.162. The van der Waals surface area contributed by atoms with Crippen molar-refractivity contribution in [1.29, 1.82) is 0 Å². The van der Waals surface area contributed by atoms with Gasteiger partial charge in [0.15, 0.2) is 0 Å². The van der Waals surface area contributed by atoms with Crippen LogP contribution in [0, 0.1) is 11.8 Å². The van der Waals surface area contributed by atoms with Crippen molar-refractivity contribution in [1.82, 2.24) is 5.32 Å². The molecule has 3 atom stereocenters. The zero-order valence-electron chi connectivity index (χ0n) is 9.78. The molecule has 1 aromatic heterocycles. The Morgan fingerprint density at radius 2 is 2.25 bits per heavy atom. The molecule has 1 saturated carbocycles. The first-order chi connectivity index (χ1) is 7.86. The molecule has 0 aliphatic heterocycles. The molecule has 1 nitrogen and oxygen atoms in total. The molecule has 1 N–H and O–H groups in total. The van der Waals surface area contributed by atoms with Crippen LogP contribution in [0.25, 0.3) is 0 Å². The highest BCUT2D eigenvalue weighted by molar-refractivity contribution is 7.11. The van der Waals surface area contributed by atoms with Crippen molar-refractivity contribution in [3.63, 3.8) is 0 Å². The van der Waals surface area contributed by atoms with Gasteiger partial charge in [0.25, 0.3) is 0 Å². The summed E-state index contributed by atoms with van der Waals surface area (Å²) in [5, 5.41) is 3.70. The predicted octanol–water partition coefficient (Wildman–Crippen LogP) is 3.36. The fraction of sp³-hybridized carbons (Fsp3) is 0.571. The maximum atomic E-state index is 3.70. The Hall–Kier alpha value is -0.600. The first kappa shape index (κ1) is 10.5. The molecule has 16 heavy (non-hydrogen) atoms. The summed E-state index contributed by atoms with van der Waals surface area (Å²) < 4.78 is 0. The number of hydrogen-bond acceptors (Lipinski definition) is 2. The molecular weight excluding hydrogens is 214 g/mol. The summed E-state index contributed by atoms with van der Waals surface area (Å²) in [6.45, 7) is 3.29. The van der Waals surface area contributed by atoms with Crippen molar-refractivity contribution in [2.75, 3.05) is 0 Å². The predicted molar refractivity (Wildman–Crippen MR) is 69.7 cm³/mol. The second-order valence-electron chi connectivity index (χ2n) is 4.95. The molecule has 0 radical (unpaired) electrons. The molecule has 0 amide bonds. The number of hydrogen-bond donors (Lipinski definition) is 1. The van der Waals surface area contributed by atoms with E-state index in [1.807, 2.05) is 11.3 Å². The van der Waals surface area contributed by atoms with Gasteiger partial charge in [-0.15, -0.1) is 11.3 Å². The molecule has 1 heterocycles. The number of nitrogens with one attached hydrogen (secondary N) is 1. The summed E-state index contributed by atoms with van der Waals surface area (Å²) in [5.41, 5.74) is 0. The second-order valence-corrected chi connectivity index (χ2v) is 6.20. The van der Waals surface area contributed by atoms with Gasteiger partial charge >= 0.3 is 0 Å². The lowest BCUT2D eigenvalue weighted by Crippen LogP contribution is -2.47. The zero-order valence-corrected chi connectivity index (χ0v) is 10.6. The Bertz CT molecular complexity index is 393. The van der Waals surface area contributed by atoms with Crippen molar-refractivity contribution in [3.05, 3.63) is 34.0 Å². The van der Waals surface area contributed by atoms with Gasteiger partial charge in [-0.3, -0.25) is 0 Å². The SMILES string of the molecule is CCc1ccc(CNC2CC3CC=CC32)s1. The molecule has 86 valence electrons. The third-order valence-electron chi connectivity index (χ3n) is 3.97. The molecule has 3 unspecified atom stereocenters. The Balaban J connectivity index is 1.51. The molecule has 2 aliphatic carbocycles. The first-order valence-electron chi connectivity index (χ1n) is 6.34. The van der Waals surface area contributed by atoms with Crippen LogP contribution in [0.1, 0.15) is 29.5 Å². The van der Waals surface area contributed by atoms with Crippen molar-refractivity contribution < 1.29 is 0 Å². The van der Waals surface area contributed by atoms with E-state index in [1.165, 1.54) is 29.0 Å². The number of rotatable bonds is 4. The summed E-state index contributed by atoms with van der Waals surface area (Å²) in [4.78, 5) is 2.99. The fourth-order valence-corrected chi connectivity index (χ4v) is 3.80. The van der Waals surface area contributed by atoms with Crippen LogP contribution in [0.15, 0.2) is 24.3 Å². The quantitative estimate of drug-likeness (QED) is 0.786. The fourth-order valence-electron chi connectivity index (χ4n) is 2.89. The van der Waals surface area contributed by atoms with Gasteiger partial charge < -0.3 is 5.32 Å². The van der Waals surface area contributed by atoms with E-state index in [2.05, 4.69) is 36.5 Å². The summed E-state index contributed by atoms with van der Waals surface area (Å²) >= 11 is 1.95. The molecule has 0 spiro atoms. The standard InChI is InChI=1S/C14H19NS/c1-2-11-6-7-12(16-11)9-15-14-8-10-4-3-5-13(10)14/h3,5-7,10,13-15H,2,4,8-9H2,1H3. The van der Waals surface area contributed by atoms with Gasteiger partial charge in [-0.05, 0) is 43.2 Å². The number of allylic oxidation sites excluding steroid dienone is 1. The number of aryl methyl sites for hydroxylation is 1. The second kappa shape index (κ2) is 4.34. The van der Waals surface area contributed by atoms with Crippen LogP contribution in [0.3, 0.4) is 0 Å². The average molecular weight is 233 g/mol. The maximum Gasteiger partial charge on any atom is 0.0302 e. The van der Waals surface area contributed by atoms with E-state index >= 15 is 0 Å². The van der Waals surface area contributed by atoms with Crippen molar-refractivity contribution in [3.8, 4) is 0 Å². The summed E-state index contributed by atoms with van der Waals surface area (Å²) in [7, 11) is 0. The Morgan fingerprint density at radius 3 is 3.00 bits per heavy atom. The minimum atomic E-state index is 0.746. The maximum absolute atomic E-state index is 3.70. The molecule has 2 heteroatoms. The summed E-state index contributed by atoms with van der Waals surface area (Å²) in [5.74, 6) is 1.80. The highest BCUT2D eigenvalue weighted by Crippen LogP contribution is 2.42. The molecule has 3 rings (SSSR count). The van der Waals surface area contributed by atoms with Crippen molar-refractivity contribution in [2.45, 2.75) is 38.8 Å². The van der Waals surface area contributed by atoms with E-state index in [0.717, 1.165) is 24.4 Å². The van der Waals surface area contributed by atoms with E-state index in [9.17, 15) is 0 Å². The molecule has 0 aromatic carbocycles. The Morgan fingerprint density at radius 1 is 1.38 bits per heavy atom. The smallest absolute Gasteiger partial charge is 0.0302 e. The minimum Gasteiger partial charge on any atom is -0.308 e. The van der Waals surface area contributed by atoms with Crippen LogP contribution in [0.5, 0.6) is 0 Å². The molecular formula is C14H19NS. The first-order valence-corrected chi connectivity index (χ1v) is 7.16. The van der Waals surface area contributed by atoms with Crippen LogP contribution >= 0.6 is 11.3 Å². The van der Waals surface area contributed by atoms with Gasteiger partial charge in [0, 0.05) is 22.3 Å². The number of fused-ring (bicyclic) bond motifs is 1. The normalized spacial score (nSPS) is 31.4. The Kier molecular flexibility index (Phi) is 2.86. The monoisotopic (exact) mass is 233 g/mol. The topological polar surface area (TPSA) is 12.0 Å². The zero-order chi connectivity index (χ0) is 11.0. The van der Waals surface area contributed by atoms with Gasteiger partial charge in [-0.2, -0.15) is 0 Å². The average Bonchev–Trinajstić information content (AvgIpc) is 2.86. The van der Waals surface area contributed by atoms with E-state index < -0.39 is 0 Å². The van der Waals surface area contributed by atoms with Crippen LogP contribution < -0.4 is 5.32 Å². The van der Waals surface area contributed by atoms with Crippen LogP contribution in [0.4, 0.5) is 0 Å². The van der Waals surface area contributed by atoms with E-state index in [4.69, 9.17) is 0 Å². The van der Waals surface area contributed by atoms with Gasteiger partial charge in [0.2, 0.25) is 0 Å². The minimum absolute atomic E-state index is 0.746. The van der Waals surface area contributed by atoms with E-state index in [1.54, 1.807) is 0 Å². The van der Waals surface area contributed by atoms with Crippen molar-refractivity contribution in [2.24, 2.45) is 11.8 Å². The Labute approximate surface area is 102 Å². The van der Waals surface area contributed by atoms with Gasteiger partial charge in [0.05, 0.1) is 0 Å². The van der Waals surface area contributed by atoms with Crippen molar-refractivity contribution >= 4 is 11.3 Å². The lowest BCUT2D eigenvalue weighted by atomic mass is 9.71. The van der Waals surface area contributed by atoms with E-state index in [0.29, 0.717) is 0 Å². The highest BCUT2D eigenvalue weighted by atomic mass is 32.1. The largest absolute Gasteiger partial charge is 0.308 e. The lowest BCUT2D eigenvalue weighted by Gasteiger charge is -2.40. The summed E-state index contributed by atoms with van der Waals surface area (Å²) in [6.07, 6.45) is 8.64. The van der Waals surface area contributed by atoms with Gasteiger partial charge in [0.1, 0.15) is 0 Å². The molecule has 2 aliphatic rings. The van der Waals surface area contributed by atoms with Crippen LogP contribution in [0.2, 0.25) is 0 Å². The molecule has 0 bridgehead atoms. The third-order valence-corrected chi connectivity index (χ3v) is 5.20. The van der Waals surface area contributed by atoms with Gasteiger partial charge in [-0.1, -0.05) is 19.1 Å². The van der Waals surface area contributed by atoms with E-state index in [-0.39, 0.29) is 0 Å². The molecule has 1 aromatic rings. The van der Waals surface area contributed by atoms with Gasteiger partial charge in [-0.25, -0.2) is 0 Å².